The molecule has 118 valence electrons. The molecule has 1 saturated carbocycles. The molecule has 1 aliphatic rings. The first-order valence-corrected chi connectivity index (χ1v) is 6.67. The van der Waals surface area contributed by atoms with E-state index in [0.717, 1.165) is 18.5 Å². The van der Waals surface area contributed by atoms with E-state index in [0.29, 0.717) is 18.3 Å². The number of halogens is 4. The van der Waals surface area contributed by atoms with E-state index in [2.05, 4.69) is 20.0 Å². The molecule has 0 amide bonds. The van der Waals surface area contributed by atoms with Crippen molar-refractivity contribution in [1.82, 2.24) is 15.3 Å². The van der Waals surface area contributed by atoms with E-state index in [1.54, 1.807) is 13.0 Å². The normalized spacial score (nSPS) is 15.7. The highest BCUT2D eigenvalue weighted by Crippen LogP contribution is 2.23. The number of hydrogen-bond acceptors (Lipinski definition) is 4. The summed E-state index contributed by atoms with van der Waals surface area (Å²) in [5.74, 6) is -3.94. The summed E-state index contributed by atoms with van der Waals surface area (Å²) in [5.41, 5.74) is 1.41. The Bertz CT molecular complexity index is 480. The number of ether oxygens (including phenoxy) is 1. The van der Waals surface area contributed by atoms with Gasteiger partial charge in [-0.15, -0.1) is 0 Å². The summed E-state index contributed by atoms with van der Waals surface area (Å²) in [6.45, 7) is 0.645. The fraction of sp³-hybridized carbons (Fsp3) is 0.692. The fourth-order valence-corrected chi connectivity index (χ4v) is 1.73. The van der Waals surface area contributed by atoms with Gasteiger partial charge >= 0.3 is 12.3 Å². The number of hydrogen-bond donors (Lipinski definition) is 1. The van der Waals surface area contributed by atoms with Crippen molar-refractivity contribution >= 4 is 0 Å². The topological polar surface area (TPSA) is 47.0 Å². The van der Waals surface area contributed by atoms with Gasteiger partial charge in [-0.25, -0.2) is 18.7 Å². The van der Waals surface area contributed by atoms with Crippen molar-refractivity contribution in [2.24, 2.45) is 0 Å². The number of aromatic nitrogens is 2. The van der Waals surface area contributed by atoms with Crippen LogP contribution in [-0.2, 0) is 17.9 Å². The van der Waals surface area contributed by atoms with Gasteiger partial charge in [0.2, 0.25) is 0 Å². The van der Waals surface area contributed by atoms with Gasteiger partial charge in [-0.3, -0.25) is 0 Å². The molecular formula is C13H17F4N3O. The zero-order valence-electron chi connectivity index (χ0n) is 11.6. The summed E-state index contributed by atoms with van der Waals surface area (Å²) in [7, 11) is 0. The smallest absolute Gasteiger partial charge is 0.330 e. The highest BCUT2D eigenvalue weighted by molar-refractivity contribution is 5.10. The predicted molar refractivity (Wildman–Crippen MR) is 67.2 cm³/mol. The van der Waals surface area contributed by atoms with Crippen molar-refractivity contribution in [1.29, 1.82) is 0 Å². The monoisotopic (exact) mass is 307 g/mol. The van der Waals surface area contributed by atoms with Crippen LogP contribution in [0.1, 0.15) is 30.1 Å². The molecule has 0 saturated heterocycles. The van der Waals surface area contributed by atoms with Gasteiger partial charge in [-0.05, 0) is 25.8 Å². The van der Waals surface area contributed by atoms with Crippen molar-refractivity contribution in [3.63, 3.8) is 0 Å². The zero-order valence-corrected chi connectivity index (χ0v) is 11.6. The molecule has 1 fully saturated rings. The molecule has 0 spiro atoms. The van der Waals surface area contributed by atoms with Crippen molar-refractivity contribution in [3.8, 4) is 0 Å². The highest BCUT2D eigenvalue weighted by atomic mass is 19.3. The third kappa shape index (κ3) is 5.20. The average Bonchev–Trinajstić information content (AvgIpc) is 3.19. The van der Waals surface area contributed by atoms with Crippen LogP contribution < -0.4 is 5.32 Å². The Kier molecular flexibility index (Phi) is 5.10. The maximum Gasteiger partial charge on any atom is 0.330 e. The van der Waals surface area contributed by atoms with E-state index in [-0.39, 0.29) is 12.4 Å². The molecule has 8 heteroatoms. The largest absolute Gasteiger partial charge is 0.367 e. The van der Waals surface area contributed by atoms with Crippen LogP contribution in [0, 0.1) is 6.92 Å². The van der Waals surface area contributed by atoms with Crippen LogP contribution in [0.3, 0.4) is 0 Å². The lowest BCUT2D eigenvalue weighted by Crippen LogP contribution is -2.32. The van der Waals surface area contributed by atoms with Crippen LogP contribution in [0.4, 0.5) is 17.6 Å². The molecule has 4 nitrogen and oxygen atoms in total. The number of alkyl halides is 4. The second kappa shape index (κ2) is 6.65. The molecule has 0 radical (unpaired) electrons. The minimum Gasteiger partial charge on any atom is -0.367 e. The molecular weight excluding hydrogens is 290 g/mol. The molecule has 0 bridgehead atoms. The van der Waals surface area contributed by atoms with Crippen LogP contribution in [0.2, 0.25) is 0 Å². The zero-order chi connectivity index (χ0) is 15.5. The Hall–Kier alpha value is -1.28. The van der Waals surface area contributed by atoms with Crippen LogP contribution >= 0.6 is 0 Å². The van der Waals surface area contributed by atoms with Crippen molar-refractivity contribution in [3.05, 3.63) is 23.3 Å². The number of nitrogens with zero attached hydrogens (tertiary/aromatic N) is 2. The molecule has 0 aromatic carbocycles. The Balaban J connectivity index is 1.86. The van der Waals surface area contributed by atoms with E-state index >= 15 is 0 Å². The lowest BCUT2D eigenvalue weighted by Gasteiger charge is -2.15. The van der Waals surface area contributed by atoms with Crippen LogP contribution in [0.25, 0.3) is 0 Å². The van der Waals surface area contributed by atoms with Gasteiger partial charge in [0, 0.05) is 18.3 Å². The minimum atomic E-state index is -4.15. The molecule has 1 aliphatic carbocycles. The van der Waals surface area contributed by atoms with E-state index < -0.39 is 19.0 Å². The molecule has 0 atom stereocenters. The molecule has 0 unspecified atom stereocenters. The molecule has 1 aromatic heterocycles. The molecule has 21 heavy (non-hydrogen) atoms. The molecule has 0 aliphatic heterocycles. The fourth-order valence-electron chi connectivity index (χ4n) is 1.73. The first-order valence-electron chi connectivity index (χ1n) is 6.67. The van der Waals surface area contributed by atoms with E-state index in [1.807, 2.05) is 0 Å². The van der Waals surface area contributed by atoms with Gasteiger partial charge in [0.25, 0.3) is 0 Å². The van der Waals surface area contributed by atoms with Crippen LogP contribution in [0.15, 0.2) is 6.07 Å². The third-order valence-electron chi connectivity index (χ3n) is 2.95. The first kappa shape index (κ1) is 16.1. The maximum atomic E-state index is 12.7. The summed E-state index contributed by atoms with van der Waals surface area (Å²) in [6, 6.07) is 2.30. The Morgan fingerprint density at radius 3 is 2.71 bits per heavy atom. The van der Waals surface area contributed by atoms with Gasteiger partial charge in [0.05, 0.1) is 5.69 Å². The Labute approximate surface area is 119 Å². The van der Waals surface area contributed by atoms with E-state index in [4.69, 9.17) is 0 Å². The maximum absolute atomic E-state index is 12.7. The van der Waals surface area contributed by atoms with Crippen molar-refractivity contribution in [2.45, 2.75) is 51.3 Å². The van der Waals surface area contributed by atoms with Gasteiger partial charge in [0.15, 0.2) is 5.82 Å². The molecule has 1 heterocycles. The summed E-state index contributed by atoms with van der Waals surface area (Å²) in [6.07, 6.45) is -1.46. The second-order valence-corrected chi connectivity index (χ2v) is 5.13. The Morgan fingerprint density at radius 1 is 1.38 bits per heavy atom. The minimum absolute atomic E-state index is 0.215. The first-order chi connectivity index (χ1) is 9.87. The number of rotatable bonds is 8. The van der Waals surface area contributed by atoms with Crippen LogP contribution in [0.5, 0.6) is 0 Å². The van der Waals surface area contributed by atoms with E-state index in [9.17, 15) is 17.6 Å². The molecule has 2 rings (SSSR count). The number of nitrogens with one attached hydrogen (secondary N) is 1. The lowest BCUT2D eigenvalue weighted by atomic mass is 10.3. The standard InChI is InChI=1S/C13H17F4N3O/c1-8-4-10(5-18-9-2-3-9)20-11(19-8)6-21-7-13(16,17)12(14)15/h4,9,12,18H,2-3,5-7H2,1H3. The van der Waals surface area contributed by atoms with Crippen LogP contribution in [-0.4, -0.2) is 35.0 Å². The Morgan fingerprint density at radius 2 is 2.10 bits per heavy atom. The van der Waals surface area contributed by atoms with Gasteiger partial charge < -0.3 is 10.1 Å². The van der Waals surface area contributed by atoms with Gasteiger partial charge in [-0.2, -0.15) is 8.78 Å². The molecule has 1 aromatic rings. The molecule has 1 N–H and O–H groups in total. The van der Waals surface area contributed by atoms with Crippen molar-refractivity contribution in [2.75, 3.05) is 6.61 Å². The quantitative estimate of drug-likeness (QED) is 0.750. The van der Waals surface area contributed by atoms with Gasteiger partial charge in [-0.1, -0.05) is 0 Å². The predicted octanol–water partition coefficient (Wildman–Crippen LogP) is 2.45. The summed E-state index contributed by atoms with van der Waals surface area (Å²) in [4.78, 5) is 8.21. The summed E-state index contributed by atoms with van der Waals surface area (Å²) in [5, 5.41) is 3.27. The third-order valence-corrected chi connectivity index (χ3v) is 2.95. The van der Waals surface area contributed by atoms with Crippen molar-refractivity contribution < 1.29 is 22.3 Å². The SMILES string of the molecule is Cc1cc(CNC2CC2)nc(COCC(F)(F)C(F)F)n1. The van der Waals surface area contributed by atoms with E-state index in [1.165, 1.54) is 0 Å². The lowest BCUT2D eigenvalue weighted by molar-refractivity contribution is -0.168. The highest BCUT2D eigenvalue weighted by Gasteiger charge is 2.41. The second-order valence-electron chi connectivity index (χ2n) is 5.13. The summed E-state index contributed by atoms with van der Waals surface area (Å²) >= 11 is 0. The van der Waals surface area contributed by atoms with Gasteiger partial charge in [0.1, 0.15) is 13.2 Å². The number of aryl methyl sites for hydroxylation is 1. The summed E-state index contributed by atoms with van der Waals surface area (Å²) < 4.78 is 54.0. The average molecular weight is 307 g/mol.